The van der Waals surface area contributed by atoms with E-state index in [1.807, 2.05) is 152 Å². The molecular weight excluding hydrogens is 695 g/mol. The Hall–Kier alpha value is -5.42. The summed E-state index contributed by atoms with van der Waals surface area (Å²) >= 11 is 0. The lowest BCUT2D eigenvalue weighted by Gasteiger charge is -2.36. The summed E-state index contributed by atoms with van der Waals surface area (Å²) < 4.78 is 31.0. The van der Waals surface area contributed by atoms with Gasteiger partial charge in [0.15, 0.2) is 6.10 Å². The summed E-state index contributed by atoms with van der Waals surface area (Å²) in [6, 6.07) is 46.3. The van der Waals surface area contributed by atoms with Gasteiger partial charge in [-0.05, 0) is 27.8 Å². The molecule has 0 spiro atoms. The van der Waals surface area contributed by atoms with Crippen LogP contribution in [-0.4, -0.2) is 60.7 Å². The molecule has 5 aromatic carbocycles. The van der Waals surface area contributed by atoms with Crippen LogP contribution in [0, 0.1) is 0 Å². The van der Waals surface area contributed by atoms with Crippen molar-refractivity contribution in [3.8, 4) is 0 Å². The van der Waals surface area contributed by atoms with Gasteiger partial charge in [-0.25, -0.2) is 4.79 Å². The predicted molar refractivity (Wildman–Crippen MR) is 210 cm³/mol. The van der Waals surface area contributed by atoms with E-state index in [1.165, 1.54) is 6.08 Å². The van der Waals surface area contributed by atoms with Gasteiger partial charge in [0.2, 0.25) is 0 Å². The van der Waals surface area contributed by atoms with Gasteiger partial charge in [-0.15, -0.1) is 0 Å². The van der Waals surface area contributed by atoms with Gasteiger partial charge in [0, 0.05) is 6.42 Å². The van der Waals surface area contributed by atoms with Crippen molar-refractivity contribution >= 4 is 11.9 Å². The van der Waals surface area contributed by atoms with Crippen LogP contribution in [0.25, 0.3) is 0 Å². The number of nitrogens with one attached hydrogen (secondary N) is 1. The van der Waals surface area contributed by atoms with Gasteiger partial charge in [-0.1, -0.05) is 164 Å². The van der Waals surface area contributed by atoms with Crippen LogP contribution in [0.5, 0.6) is 0 Å². The van der Waals surface area contributed by atoms with Crippen molar-refractivity contribution in [1.29, 1.82) is 0 Å². The quantitative estimate of drug-likeness (QED) is 0.0557. The van der Waals surface area contributed by atoms with E-state index in [-0.39, 0.29) is 46.1 Å². The van der Waals surface area contributed by atoms with E-state index in [2.05, 4.69) is 11.9 Å². The molecule has 0 aromatic heterocycles. The molecule has 55 heavy (non-hydrogen) atoms. The first-order valence-electron chi connectivity index (χ1n) is 18.4. The van der Waals surface area contributed by atoms with Gasteiger partial charge in [-0.3, -0.25) is 4.79 Å². The topological polar surface area (TPSA) is 113 Å². The maximum absolute atomic E-state index is 14.7. The fourth-order valence-electron chi connectivity index (χ4n) is 5.90. The number of aliphatic hydroxyl groups excluding tert-OH is 1. The molecule has 0 aliphatic heterocycles. The zero-order valence-electron chi connectivity index (χ0n) is 30.9. The molecule has 5 atom stereocenters. The molecule has 5 aromatic rings. The standard InChI is InChI=1S/C46H49NO8/c1-2-28-52-46(50)40(29-35-18-8-3-9-19-35)47-45(49)44(55-33-39-26-16-7-17-27-39)43(54-32-38-24-14-6-15-25-38)42(53-31-37-22-12-5-13-23-37)41(48)34-51-30-36-20-10-4-11-21-36/h2-27,40-44,48H,1,28-34H2,(H,47,49)/t40-,41+,42+,43-,44+/m0/s1. The number of aliphatic hydroxyl groups is 1. The third-order valence-electron chi connectivity index (χ3n) is 8.73. The summed E-state index contributed by atoms with van der Waals surface area (Å²) in [5, 5.41) is 14.8. The molecule has 0 unspecified atom stereocenters. The maximum atomic E-state index is 14.7. The number of hydrogen-bond donors (Lipinski definition) is 2. The normalized spacial score (nSPS) is 13.8. The maximum Gasteiger partial charge on any atom is 0.329 e. The first-order chi connectivity index (χ1) is 27.0. The molecule has 9 heteroatoms. The molecule has 2 N–H and O–H groups in total. The molecular formula is C46H49NO8. The molecule has 0 aliphatic carbocycles. The monoisotopic (exact) mass is 743 g/mol. The third kappa shape index (κ3) is 13.7. The van der Waals surface area contributed by atoms with Crippen LogP contribution in [0.1, 0.15) is 27.8 Å². The zero-order chi connectivity index (χ0) is 38.5. The Bertz CT molecular complexity index is 1830. The van der Waals surface area contributed by atoms with Gasteiger partial charge in [0.1, 0.15) is 31.0 Å². The second-order valence-corrected chi connectivity index (χ2v) is 13.0. The summed E-state index contributed by atoms with van der Waals surface area (Å²) in [6.45, 7) is 3.95. The SMILES string of the molecule is C=CCOC(=O)[C@H](Cc1ccccc1)NC(=O)[C@H](OCc1ccccc1)[C@@H](OCc1ccccc1)[C@H](OCc1ccccc1)[C@H](O)COCc1ccccc1. The Morgan fingerprint density at radius 2 is 1.00 bits per heavy atom. The summed E-state index contributed by atoms with van der Waals surface area (Å²) in [6.07, 6.45) is -3.33. The second-order valence-electron chi connectivity index (χ2n) is 13.0. The van der Waals surface area contributed by atoms with Crippen molar-refractivity contribution in [3.63, 3.8) is 0 Å². The van der Waals surface area contributed by atoms with Crippen LogP contribution in [0.3, 0.4) is 0 Å². The van der Waals surface area contributed by atoms with E-state index in [1.54, 1.807) is 0 Å². The van der Waals surface area contributed by atoms with E-state index < -0.39 is 42.3 Å². The van der Waals surface area contributed by atoms with E-state index in [0.717, 1.165) is 27.8 Å². The summed E-state index contributed by atoms with van der Waals surface area (Å²) in [4.78, 5) is 28.1. The van der Waals surface area contributed by atoms with Gasteiger partial charge in [-0.2, -0.15) is 0 Å². The average Bonchev–Trinajstić information content (AvgIpc) is 3.23. The van der Waals surface area contributed by atoms with Gasteiger partial charge in [0.05, 0.1) is 33.0 Å². The fraction of sp³-hybridized carbons (Fsp3) is 0.261. The molecule has 286 valence electrons. The lowest BCUT2D eigenvalue weighted by molar-refractivity contribution is -0.192. The molecule has 0 saturated heterocycles. The van der Waals surface area contributed by atoms with E-state index >= 15 is 0 Å². The highest BCUT2D eigenvalue weighted by atomic mass is 16.6. The van der Waals surface area contributed by atoms with Gasteiger partial charge < -0.3 is 34.1 Å². The second kappa shape index (κ2) is 22.7. The van der Waals surface area contributed by atoms with Crippen LogP contribution in [0.15, 0.2) is 164 Å². The number of carbonyl (C=O) groups excluding carboxylic acids is 2. The van der Waals surface area contributed by atoms with E-state index in [0.29, 0.717) is 0 Å². The minimum atomic E-state index is -1.38. The van der Waals surface area contributed by atoms with Crippen LogP contribution in [-0.2, 0) is 66.1 Å². The molecule has 0 heterocycles. The third-order valence-corrected chi connectivity index (χ3v) is 8.73. The molecule has 5 rings (SSSR count). The smallest absolute Gasteiger partial charge is 0.329 e. The Labute approximate surface area is 323 Å². The Balaban J connectivity index is 1.50. The van der Waals surface area contributed by atoms with Crippen LogP contribution in [0.4, 0.5) is 0 Å². The molecule has 0 fully saturated rings. The van der Waals surface area contributed by atoms with Crippen LogP contribution in [0.2, 0.25) is 0 Å². The lowest BCUT2D eigenvalue weighted by Crippen LogP contribution is -2.57. The number of esters is 1. The van der Waals surface area contributed by atoms with Crippen LogP contribution >= 0.6 is 0 Å². The molecule has 0 aliphatic rings. The van der Waals surface area contributed by atoms with E-state index in [9.17, 15) is 14.7 Å². The Morgan fingerprint density at radius 3 is 1.47 bits per heavy atom. The highest BCUT2D eigenvalue weighted by Crippen LogP contribution is 2.23. The molecule has 0 saturated carbocycles. The summed E-state index contributed by atoms with van der Waals surface area (Å²) in [5.74, 6) is -1.27. The highest BCUT2D eigenvalue weighted by molar-refractivity contribution is 5.87. The molecule has 1 amide bonds. The zero-order valence-corrected chi connectivity index (χ0v) is 30.9. The number of carbonyl (C=O) groups is 2. The van der Waals surface area contributed by atoms with Gasteiger partial charge >= 0.3 is 5.97 Å². The highest BCUT2D eigenvalue weighted by Gasteiger charge is 2.42. The minimum Gasteiger partial charge on any atom is -0.460 e. The molecule has 0 bridgehead atoms. The molecule has 9 nitrogen and oxygen atoms in total. The molecule has 0 radical (unpaired) electrons. The first kappa shape index (κ1) is 40.8. The summed E-state index contributed by atoms with van der Waals surface area (Å²) in [5.41, 5.74) is 4.25. The Kier molecular flexibility index (Phi) is 16.8. The number of benzene rings is 5. The predicted octanol–water partition coefficient (Wildman–Crippen LogP) is 6.78. The Morgan fingerprint density at radius 1 is 0.582 bits per heavy atom. The largest absolute Gasteiger partial charge is 0.460 e. The van der Waals surface area contributed by atoms with Crippen molar-refractivity contribution in [2.45, 2.75) is 63.3 Å². The number of ether oxygens (including phenoxy) is 5. The van der Waals surface area contributed by atoms with Crippen LogP contribution < -0.4 is 5.32 Å². The van der Waals surface area contributed by atoms with Crippen molar-refractivity contribution in [2.24, 2.45) is 0 Å². The first-order valence-corrected chi connectivity index (χ1v) is 18.4. The number of hydrogen-bond acceptors (Lipinski definition) is 8. The van der Waals surface area contributed by atoms with Crippen molar-refractivity contribution in [3.05, 3.63) is 192 Å². The van der Waals surface area contributed by atoms with Crippen molar-refractivity contribution < 1.29 is 38.4 Å². The van der Waals surface area contributed by atoms with Crippen molar-refractivity contribution in [1.82, 2.24) is 5.32 Å². The number of amides is 1. The van der Waals surface area contributed by atoms with Gasteiger partial charge in [0.25, 0.3) is 5.91 Å². The lowest BCUT2D eigenvalue weighted by atomic mass is 10.00. The summed E-state index contributed by atoms with van der Waals surface area (Å²) in [7, 11) is 0. The average molecular weight is 744 g/mol. The number of rotatable bonds is 23. The fourth-order valence-corrected chi connectivity index (χ4v) is 5.90. The minimum absolute atomic E-state index is 0.0265. The van der Waals surface area contributed by atoms with E-state index in [4.69, 9.17) is 23.7 Å². The van der Waals surface area contributed by atoms with Crippen molar-refractivity contribution in [2.75, 3.05) is 13.2 Å².